The summed E-state index contributed by atoms with van der Waals surface area (Å²) < 4.78 is 0.967. The molecular formula is C11H21N2WY-3. The van der Waals surface area contributed by atoms with E-state index in [-0.39, 0.29) is 40.1 Å². The number of allylic oxidation sites excluding steroid dienone is 2. The van der Waals surface area contributed by atoms with Crippen LogP contribution in [0.2, 0.25) is 0 Å². The standard InChI is InChI=1S/C7H10N2.C3H8.CH3.W.Y/c1-3-5-6-9-7-8-4-2;1-3-2;;;/h5,8H,4H2,1-2H3;3H2,1-2H3;1H3;;/q-2;;-1;;. The smallest absolute Gasteiger partial charge is 0 e. The van der Waals surface area contributed by atoms with Crippen LogP contribution in [0.3, 0.4) is 0 Å². The van der Waals surface area contributed by atoms with E-state index in [4.69, 9.17) is 0 Å². The molecule has 0 aromatic heterocycles. The van der Waals surface area contributed by atoms with Crippen LogP contribution in [0, 0.1) is 13.5 Å². The second kappa shape index (κ2) is 24.3. The molecule has 0 aromatic carbocycles. The van der Waals surface area contributed by atoms with Crippen LogP contribution in [0.4, 0.5) is 0 Å². The van der Waals surface area contributed by atoms with E-state index in [1.54, 1.807) is 6.08 Å². The first-order valence-corrected chi connectivity index (χ1v) is 5.92. The van der Waals surface area contributed by atoms with Crippen molar-refractivity contribution < 1.29 is 52.1 Å². The molecule has 0 unspecified atom stereocenters. The van der Waals surface area contributed by atoms with E-state index in [1.165, 1.54) is 25.8 Å². The van der Waals surface area contributed by atoms with Gasteiger partial charge in [0, 0.05) is 32.7 Å². The summed E-state index contributed by atoms with van der Waals surface area (Å²) in [4.78, 5) is 3.98. The van der Waals surface area contributed by atoms with Crippen molar-refractivity contribution >= 4 is 10.4 Å². The molecule has 0 bridgehead atoms. The summed E-state index contributed by atoms with van der Waals surface area (Å²) in [6.45, 7) is 9.03. The molecule has 0 saturated heterocycles. The van der Waals surface area contributed by atoms with Crippen molar-refractivity contribution in [3.05, 3.63) is 19.6 Å². The summed E-state index contributed by atoms with van der Waals surface area (Å²) in [5.74, 6) is 0. The maximum absolute atomic E-state index is 3.98. The number of nitrogens with one attached hydrogen (secondary N) is 1. The van der Waals surface area contributed by atoms with Gasteiger partial charge < -0.3 is 7.43 Å². The third-order valence-corrected chi connectivity index (χ3v) is 1.55. The monoisotopic (exact) mass is 454 g/mol. The van der Waals surface area contributed by atoms with Crippen molar-refractivity contribution in [2.75, 3.05) is 6.54 Å². The maximum Gasteiger partial charge on any atom is 0 e. The molecule has 0 aromatic rings. The number of aliphatic imine (C=N–C) groups is 1. The van der Waals surface area contributed by atoms with Crippen molar-refractivity contribution in [1.82, 2.24) is 5.32 Å². The van der Waals surface area contributed by atoms with E-state index in [2.05, 4.69) is 36.4 Å². The molecule has 2 nitrogen and oxygen atoms in total. The van der Waals surface area contributed by atoms with Crippen LogP contribution in [0.25, 0.3) is 0 Å². The van der Waals surface area contributed by atoms with Crippen molar-refractivity contribution in [3.63, 3.8) is 0 Å². The molecular weight excluding hydrogens is 433 g/mol. The third-order valence-electron chi connectivity index (χ3n) is 0.703. The van der Waals surface area contributed by atoms with Crippen molar-refractivity contribution in [2.24, 2.45) is 4.99 Å². The summed E-state index contributed by atoms with van der Waals surface area (Å²) in [7, 11) is 0. The second-order valence-electron chi connectivity index (χ2n) is 2.22. The Hall–Kier alpha value is 1.03. The van der Waals surface area contributed by atoms with E-state index in [9.17, 15) is 0 Å². The van der Waals surface area contributed by atoms with Gasteiger partial charge in [-0.25, -0.2) is 0 Å². The summed E-state index contributed by atoms with van der Waals surface area (Å²) in [6.07, 6.45) is 8.45. The molecule has 87 valence electrons. The Morgan fingerprint density at radius 2 is 1.87 bits per heavy atom. The maximum atomic E-state index is 3.98. The molecule has 0 fully saturated rings. The Morgan fingerprint density at radius 1 is 1.40 bits per heavy atom. The Bertz CT molecular complexity index is 168. The summed E-state index contributed by atoms with van der Waals surface area (Å²) in [5, 5.41) is 3.08. The van der Waals surface area contributed by atoms with E-state index in [1.807, 2.05) is 13.8 Å². The Kier molecular flexibility index (Phi) is 40.6. The van der Waals surface area contributed by atoms with Crippen LogP contribution < -0.4 is 5.32 Å². The predicted molar refractivity (Wildman–Crippen MR) is 62.0 cm³/mol. The van der Waals surface area contributed by atoms with Crippen molar-refractivity contribution in [2.45, 2.75) is 34.1 Å². The second-order valence-corrected chi connectivity index (χ2v) is 3.61. The van der Waals surface area contributed by atoms with Gasteiger partial charge in [-0.3, -0.25) is 0 Å². The van der Waals surface area contributed by atoms with Gasteiger partial charge in [-0.2, -0.15) is 0 Å². The molecule has 0 amide bonds. The zero-order chi connectivity index (χ0) is 10.5. The molecule has 0 rings (SSSR count). The van der Waals surface area contributed by atoms with Crippen LogP contribution in [0.5, 0.6) is 0 Å². The largest absolute Gasteiger partial charge is 0.358 e. The van der Waals surface area contributed by atoms with Crippen LogP contribution in [-0.4, -0.2) is 16.9 Å². The Labute approximate surface area is 132 Å². The predicted octanol–water partition coefficient (Wildman–Crippen LogP) is 2.42. The van der Waals surface area contributed by atoms with Gasteiger partial charge in [0.25, 0.3) is 0 Å². The first-order chi connectivity index (χ1) is 6.22. The molecule has 0 spiro atoms. The summed E-state index contributed by atoms with van der Waals surface area (Å²) >= 11 is 1.33. The Balaban J connectivity index is -0.000000108. The Morgan fingerprint density at radius 3 is 2.20 bits per heavy atom. The van der Waals surface area contributed by atoms with E-state index < -0.39 is 0 Å². The minimum atomic E-state index is 0. The quantitative estimate of drug-likeness (QED) is 0.513. The average Bonchev–Trinajstić information content (AvgIpc) is 2.07. The minimum Gasteiger partial charge on any atom is -0.358 e. The van der Waals surface area contributed by atoms with E-state index in [0.29, 0.717) is 0 Å². The summed E-state index contributed by atoms with van der Waals surface area (Å²) in [5.41, 5.74) is 0. The van der Waals surface area contributed by atoms with Crippen molar-refractivity contribution in [3.8, 4) is 0 Å². The third kappa shape index (κ3) is 31.3. The van der Waals surface area contributed by atoms with Gasteiger partial charge >= 0.3 is 72.6 Å². The van der Waals surface area contributed by atoms with Crippen LogP contribution in [0.15, 0.2) is 11.1 Å². The van der Waals surface area contributed by atoms with Gasteiger partial charge in [0.1, 0.15) is 0 Å². The average molecular weight is 454 g/mol. The number of rotatable bonds is 4. The van der Waals surface area contributed by atoms with Gasteiger partial charge in [-0.05, 0) is 0 Å². The fourth-order valence-corrected chi connectivity index (χ4v) is 1.05. The van der Waals surface area contributed by atoms with E-state index in [0.717, 1.165) is 10.7 Å². The molecule has 0 atom stereocenters. The number of nitrogens with zero attached hydrogens (tertiary/aromatic N) is 1. The number of hydrogen-bond acceptors (Lipinski definition) is 2. The van der Waals surface area contributed by atoms with Gasteiger partial charge in [0.05, 0.1) is 0 Å². The van der Waals surface area contributed by atoms with Gasteiger partial charge in [-0.1, -0.05) is 20.3 Å². The number of hydrogen-bond donors (Lipinski definition) is 1. The zero-order valence-electron chi connectivity index (χ0n) is 10.4. The SMILES string of the molecule is CCC.C[C-]=C[C-]=N[C](=[W])NCC.[CH3-].[Y]. The van der Waals surface area contributed by atoms with Crippen LogP contribution in [0.1, 0.15) is 34.1 Å². The van der Waals surface area contributed by atoms with Crippen LogP contribution >= 0.6 is 0 Å². The van der Waals surface area contributed by atoms with Gasteiger partial charge in [0.15, 0.2) is 0 Å². The molecule has 1 radical (unpaired) electrons. The molecule has 4 heteroatoms. The molecule has 1 N–H and O–H groups in total. The van der Waals surface area contributed by atoms with E-state index >= 15 is 0 Å². The zero-order valence-corrected chi connectivity index (χ0v) is 16.2. The van der Waals surface area contributed by atoms with Gasteiger partial charge in [-0.15, -0.1) is 0 Å². The summed E-state index contributed by atoms with van der Waals surface area (Å²) in [6, 6.07) is 0. The van der Waals surface area contributed by atoms with Crippen LogP contribution in [-0.2, 0) is 52.1 Å². The topological polar surface area (TPSA) is 24.4 Å². The molecule has 0 heterocycles. The molecule has 0 aliphatic carbocycles. The van der Waals surface area contributed by atoms with Gasteiger partial charge in [0.2, 0.25) is 0 Å². The fraction of sp³-hybridized carbons (Fsp3) is 0.545. The molecule has 0 saturated carbocycles. The fourth-order valence-electron chi connectivity index (χ4n) is 0.346. The molecule has 0 aliphatic rings. The first-order valence-electron chi connectivity index (χ1n) is 4.45. The first kappa shape index (κ1) is 25.0. The molecule has 0 aliphatic heterocycles. The van der Waals surface area contributed by atoms with Crippen molar-refractivity contribution in [1.29, 1.82) is 0 Å². The minimum absolute atomic E-state index is 0. The molecule has 15 heavy (non-hydrogen) atoms. The normalized spacial score (nSPS) is 8.80.